The van der Waals surface area contributed by atoms with Crippen LogP contribution in [0.3, 0.4) is 0 Å². The summed E-state index contributed by atoms with van der Waals surface area (Å²) >= 11 is 0. The second kappa shape index (κ2) is 8.46. The predicted octanol–water partition coefficient (Wildman–Crippen LogP) is 4.45. The molecule has 5 rings (SSSR count). The molecule has 0 aliphatic heterocycles. The Balaban J connectivity index is 1.46. The number of fused-ring (bicyclic) bond motifs is 1. The van der Waals surface area contributed by atoms with Gasteiger partial charge in [-0.2, -0.15) is 10.2 Å². The van der Waals surface area contributed by atoms with Gasteiger partial charge in [-0.1, -0.05) is 42.5 Å². The molecule has 34 heavy (non-hydrogen) atoms. The van der Waals surface area contributed by atoms with E-state index in [1.54, 1.807) is 15.6 Å². The van der Waals surface area contributed by atoms with Crippen LogP contribution >= 0.6 is 0 Å². The zero-order valence-electron chi connectivity index (χ0n) is 19.5. The molecule has 2 aromatic heterocycles. The third-order valence-electron chi connectivity index (χ3n) is 6.47. The van der Waals surface area contributed by atoms with Gasteiger partial charge < -0.3 is 10.4 Å². The van der Waals surface area contributed by atoms with Crippen LogP contribution in [0.25, 0.3) is 16.9 Å². The molecule has 0 radical (unpaired) electrons. The average Bonchev–Trinajstić information content (AvgIpc) is 3.40. The Morgan fingerprint density at radius 2 is 1.88 bits per heavy atom. The number of nitrogens with zero attached hydrogens (tertiary/aromatic N) is 4. The second-order valence-corrected chi connectivity index (χ2v) is 9.02. The standard InChI is InChI=1S/C26H28N6O2/c1-17-23(18-15-27-31(3)16-18)30-32(19-9-5-4-6-10-19)24(17)29-25(33)28-22-13-14-26(2,34)21-12-8-7-11-20(21)22/h4-12,15-16,22,34H,13-14H2,1-3H3,(H2,28,29,33). The van der Waals surface area contributed by atoms with Crippen molar-refractivity contribution in [1.29, 1.82) is 0 Å². The van der Waals surface area contributed by atoms with Crippen molar-refractivity contribution in [1.82, 2.24) is 24.9 Å². The summed E-state index contributed by atoms with van der Waals surface area (Å²) in [5, 5.41) is 26.0. The van der Waals surface area contributed by atoms with E-state index in [-0.39, 0.29) is 12.1 Å². The Kier molecular flexibility index (Phi) is 5.45. The van der Waals surface area contributed by atoms with Gasteiger partial charge in [0.2, 0.25) is 0 Å². The van der Waals surface area contributed by atoms with Crippen molar-refractivity contribution < 1.29 is 9.90 Å². The number of benzene rings is 2. The lowest BCUT2D eigenvalue weighted by molar-refractivity contribution is 0.0332. The molecule has 2 unspecified atom stereocenters. The fraction of sp³-hybridized carbons (Fsp3) is 0.269. The zero-order valence-corrected chi connectivity index (χ0v) is 19.5. The molecule has 0 saturated heterocycles. The van der Waals surface area contributed by atoms with E-state index in [9.17, 15) is 9.90 Å². The topological polar surface area (TPSA) is 97.0 Å². The smallest absolute Gasteiger partial charge is 0.320 e. The summed E-state index contributed by atoms with van der Waals surface area (Å²) < 4.78 is 3.47. The van der Waals surface area contributed by atoms with E-state index in [0.717, 1.165) is 33.6 Å². The fourth-order valence-corrected chi connectivity index (χ4v) is 4.68. The molecule has 2 amide bonds. The van der Waals surface area contributed by atoms with Crippen LogP contribution < -0.4 is 10.6 Å². The Bertz CT molecular complexity index is 1340. The number of nitrogens with one attached hydrogen (secondary N) is 2. The van der Waals surface area contributed by atoms with Gasteiger partial charge in [0.05, 0.1) is 23.5 Å². The first-order valence-electron chi connectivity index (χ1n) is 11.4. The lowest BCUT2D eigenvalue weighted by Crippen LogP contribution is -2.39. The van der Waals surface area contributed by atoms with E-state index in [4.69, 9.17) is 5.10 Å². The number of amides is 2. The molecule has 0 fully saturated rings. The van der Waals surface area contributed by atoms with E-state index < -0.39 is 5.60 Å². The second-order valence-electron chi connectivity index (χ2n) is 9.02. The molecule has 0 saturated carbocycles. The molecular formula is C26H28N6O2. The normalized spacial score (nSPS) is 19.5. The summed E-state index contributed by atoms with van der Waals surface area (Å²) in [7, 11) is 1.86. The Morgan fingerprint density at radius 1 is 1.15 bits per heavy atom. The SMILES string of the molecule is Cc1c(-c2cnn(C)c2)nn(-c2ccccc2)c1NC(=O)NC1CCC(C)(O)c2ccccc21. The summed E-state index contributed by atoms with van der Waals surface area (Å²) in [6.07, 6.45) is 4.88. The highest BCUT2D eigenvalue weighted by Gasteiger charge is 2.35. The van der Waals surface area contributed by atoms with Crippen molar-refractivity contribution in [3.63, 3.8) is 0 Å². The summed E-state index contributed by atoms with van der Waals surface area (Å²) in [6, 6.07) is 16.9. The quantitative estimate of drug-likeness (QED) is 0.423. The number of urea groups is 1. The van der Waals surface area contributed by atoms with Crippen LogP contribution in [0.15, 0.2) is 67.0 Å². The number of aromatic nitrogens is 4. The molecule has 2 atom stereocenters. The van der Waals surface area contributed by atoms with Crippen molar-refractivity contribution >= 4 is 11.8 Å². The number of carbonyl (C=O) groups is 1. The van der Waals surface area contributed by atoms with Crippen LogP contribution in [0.1, 0.15) is 42.5 Å². The minimum Gasteiger partial charge on any atom is -0.385 e. The molecule has 2 aromatic carbocycles. The molecule has 4 aromatic rings. The Labute approximate surface area is 198 Å². The molecule has 2 heterocycles. The number of hydrogen-bond acceptors (Lipinski definition) is 4. The van der Waals surface area contributed by atoms with Gasteiger partial charge in [0.15, 0.2) is 0 Å². The highest BCUT2D eigenvalue weighted by atomic mass is 16.3. The number of aryl methyl sites for hydroxylation is 1. The number of rotatable bonds is 4. The van der Waals surface area contributed by atoms with Gasteiger partial charge in [-0.05, 0) is 49.9 Å². The molecule has 8 heteroatoms. The van der Waals surface area contributed by atoms with Crippen molar-refractivity contribution in [2.24, 2.45) is 7.05 Å². The lowest BCUT2D eigenvalue weighted by Gasteiger charge is -2.36. The average molecular weight is 457 g/mol. The maximum Gasteiger partial charge on any atom is 0.320 e. The molecule has 1 aliphatic rings. The van der Waals surface area contributed by atoms with E-state index in [2.05, 4.69) is 15.7 Å². The highest BCUT2D eigenvalue weighted by molar-refractivity contribution is 5.91. The van der Waals surface area contributed by atoms with E-state index in [0.29, 0.717) is 18.7 Å². The van der Waals surface area contributed by atoms with Gasteiger partial charge in [0, 0.05) is 24.4 Å². The first-order chi connectivity index (χ1) is 16.3. The zero-order chi connectivity index (χ0) is 23.9. The van der Waals surface area contributed by atoms with Crippen LogP contribution in [0.2, 0.25) is 0 Å². The number of para-hydroxylation sites is 1. The number of hydrogen-bond donors (Lipinski definition) is 3. The largest absolute Gasteiger partial charge is 0.385 e. The minimum absolute atomic E-state index is 0.192. The van der Waals surface area contributed by atoms with Gasteiger partial charge in [0.1, 0.15) is 11.5 Å². The molecule has 174 valence electrons. The van der Waals surface area contributed by atoms with Crippen LogP contribution in [0.5, 0.6) is 0 Å². The highest BCUT2D eigenvalue weighted by Crippen LogP contribution is 2.40. The first kappa shape index (κ1) is 21.9. The van der Waals surface area contributed by atoms with Gasteiger partial charge in [-0.3, -0.25) is 10.00 Å². The molecule has 0 spiro atoms. The van der Waals surface area contributed by atoms with Crippen LogP contribution in [0.4, 0.5) is 10.6 Å². The third-order valence-corrected chi connectivity index (χ3v) is 6.47. The van der Waals surface area contributed by atoms with Gasteiger partial charge in [0.25, 0.3) is 0 Å². The van der Waals surface area contributed by atoms with Crippen molar-refractivity contribution in [3.05, 3.63) is 83.7 Å². The van der Waals surface area contributed by atoms with E-state index in [1.165, 1.54) is 0 Å². The fourth-order valence-electron chi connectivity index (χ4n) is 4.68. The molecule has 3 N–H and O–H groups in total. The maximum atomic E-state index is 13.2. The summed E-state index contributed by atoms with van der Waals surface area (Å²) in [5.41, 5.74) is 4.22. The number of anilines is 1. The Hall–Kier alpha value is -3.91. The van der Waals surface area contributed by atoms with E-state index in [1.807, 2.05) is 81.7 Å². The van der Waals surface area contributed by atoms with E-state index >= 15 is 0 Å². The summed E-state index contributed by atoms with van der Waals surface area (Å²) in [5.74, 6) is 0.596. The van der Waals surface area contributed by atoms with Crippen LogP contribution in [-0.2, 0) is 12.6 Å². The monoisotopic (exact) mass is 456 g/mol. The summed E-state index contributed by atoms with van der Waals surface area (Å²) in [6.45, 7) is 3.77. The first-order valence-corrected chi connectivity index (χ1v) is 11.4. The van der Waals surface area contributed by atoms with Crippen molar-refractivity contribution in [2.45, 2.75) is 38.3 Å². The van der Waals surface area contributed by atoms with Crippen molar-refractivity contribution in [2.75, 3.05) is 5.32 Å². The maximum absolute atomic E-state index is 13.2. The molecule has 1 aliphatic carbocycles. The summed E-state index contributed by atoms with van der Waals surface area (Å²) in [4.78, 5) is 13.2. The molecule has 8 nitrogen and oxygen atoms in total. The van der Waals surface area contributed by atoms with Gasteiger partial charge >= 0.3 is 6.03 Å². The van der Waals surface area contributed by atoms with Crippen molar-refractivity contribution in [3.8, 4) is 16.9 Å². The van der Waals surface area contributed by atoms with Gasteiger partial charge in [-0.25, -0.2) is 9.48 Å². The van der Waals surface area contributed by atoms with Gasteiger partial charge in [-0.15, -0.1) is 0 Å². The molecule has 0 bridgehead atoms. The number of aliphatic hydroxyl groups is 1. The number of carbonyl (C=O) groups excluding carboxylic acids is 1. The minimum atomic E-state index is -0.896. The third kappa shape index (κ3) is 3.97. The Morgan fingerprint density at radius 3 is 2.62 bits per heavy atom. The molecular weight excluding hydrogens is 428 g/mol. The van der Waals surface area contributed by atoms with Crippen LogP contribution in [0, 0.1) is 6.92 Å². The lowest BCUT2D eigenvalue weighted by atomic mass is 9.78. The predicted molar refractivity (Wildman–Crippen MR) is 131 cm³/mol. The van der Waals surface area contributed by atoms with Crippen LogP contribution in [-0.4, -0.2) is 30.7 Å².